The summed E-state index contributed by atoms with van der Waals surface area (Å²) in [5.74, 6) is 2.50. The Morgan fingerprint density at radius 1 is 1.00 bits per heavy atom. The van der Waals surface area contributed by atoms with Crippen LogP contribution in [0.5, 0.6) is 5.75 Å². The minimum atomic E-state index is -0.464. The van der Waals surface area contributed by atoms with Crippen LogP contribution in [-0.4, -0.2) is 70.9 Å². The fraction of sp³-hybridized carbons (Fsp3) is 0.541. The second-order valence-electron chi connectivity index (χ2n) is 13.9. The van der Waals surface area contributed by atoms with E-state index in [1.54, 1.807) is 24.6 Å². The van der Waals surface area contributed by atoms with Crippen molar-refractivity contribution in [3.05, 3.63) is 58.9 Å². The SMILES string of the molecule is COc1ccc(C2CCC(CN(C(=O)C3CCC(OC(=O)N4CC(O)C4)CC3)c3cc(-c4cnc(C5CC5)s4)ccn3)CC2)cc1C#N. The number of β-amino-alcohol motifs (C(OH)–C–C–N with tert-alkyl or cyclic N) is 1. The number of rotatable bonds is 9. The van der Waals surface area contributed by atoms with Gasteiger partial charge in [-0.15, -0.1) is 11.3 Å². The molecule has 48 heavy (non-hydrogen) atoms. The van der Waals surface area contributed by atoms with E-state index in [1.165, 1.54) is 28.3 Å². The van der Waals surface area contributed by atoms with Crippen molar-refractivity contribution < 1.29 is 24.2 Å². The number of ether oxygens (including phenoxy) is 2. The second kappa shape index (κ2) is 14.2. The summed E-state index contributed by atoms with van der Waals surface area (Å²) >= 11 is 1.74. The van der Waals surface area contributed by atoms with Gasteiger partial charge in [0.15, 0.2) is 0 Å². The van der Waals surface area contributed by atoms with Crippen molar-refractivity contribution in [2.45, 2.75) is 88.3 Å². The zero-order valence-corrected chi connectivity index (χ0v) is 28.2. The predicted octanol–water partition coefficient (Wildman–Crippen LogP) is 6.64. The maximum atomic E-state index is 14.4. The molecular formula is C37H43N5O5S. The summed E-state index contributed by atoms with van der Waals surface area (Å²) in [7, 11) is 1.59. The van der Waals surface area contributed by atoms with Gasteiger partial charge in [0.2, 0.25) is 5.91 Å². The van der Waals surface area contributed by atoms with Crippen LogP contribution in [0.4, 0.5) is 10.6 Å². The Morgan fingerprint density at radius 2 is 1.75 bits per heavy atom. The lowest BCUT2D eigenvalue weighted by Gasteiger charge is -2.38. The van der Waals surface area contributed by atoms with Crippen LogP contribution in [0.1, 0.15) is 92.2 Å². The summed E-state index contributed by atoms with van der Waals surface area (Å²) in [6.07, 6.45) is 11.7. The smallest absolute Gasteiger partial charge is 0.410 e. The van der Waals surface area contributed by atoms with Gasteiger partial charge in [-0.2, -0.15) is 5.26 Å². The number of pyridine rings is 1. The molecule has 0 spiro atoms. The first-order valence-electron chi connectivity index (χ1n) is 17.3. The van der Waals surface area contributed by atoms with Crippen LogP contribution in [0.3, 0.4) is 0 Å². The summed E-state index contributed by atoms with van der Waals surface area (Å²) in [6.45, 7) is 1.25. The molecular weight excluding hydrogens is 627 g/mol. The highest BCUT2D eigenvalue weighted by atomic mass is 32.1. The first kappa shape index (κ1) is 32.5. The zero-order valence-electron chi connectivity index (χ0n) is 27.4. The highest BCUT2D eigenvalue weighted by molar-refractivity contribution is 7.15. The van der Waals surface area contributed by atoms with Crippen LogP contribution in [0.2, 0.25) is 0 Å². The Bertz CT molecular complexity index is 1660. The van der Waals surface area contributed by atoms with Crippen LogP contribution in [0.15, 0.2) is 42.7 Å². The fourth-order valence-corrected chi connectivity index (χ4v) is 8.51. The van der Waals surface area contributed by atoms with E-state index < -0.39 is 6.10 Å². The van der Waals surface area contributed by atoms with Gasteiger partial charge in [0.05, 0.1) is 41.8 Å². The van der Waals surface area contributed by atoms with Gasteiger partial charge in [-0.05, 0) is 111 Å². The minimum Gasteiger partial charge on any atom is -0.495 e. The summed E-state index contributed by atoms with van der Waals surface area (Å²) in [5.41, 5.74) is 2.77. The standard InChI is InChI=1S/C37H43N5O5S/c1-46-32-13-10-27(16-29(32)18-38)24-4-2-23(3-5-24)20-42(34-17-28(14-15-39-34)33-19-40-35(48-33)25-6-7-25)36(44)26-8-11-31(12-9-26)47-37(45)41-21-30(43)22-41/h10,13-17,19,23-26,30-31,43H,2-9,11-12,20-22H2,1H3. The molecule has 4 fully saturated rings. The van der Waals surface area contributed by atoms with Gasteiger partial charge in [0.1, 0.15) is 23.7 Å². The van der Waals surface area contributed by atoms with E-state index in [0.29, 0.717) is 80.2 Å². The van der Waals surface area contributed by atoms with E-state index in [9.17, 15) is 20.0 Å². The van der Waals surface area contributed by atoms with E-state index in [1.807, 2.05) is 35.4 Å². The summed E-state index contributed by atoms with van der Waals surface area (Å²) < 4.78 is 11.1. The Hall–Kier alpha value is -4.01. The van der Waals surface area contributed by atoms with Crippen LogP contribution >= 0.6 is 11.3 Å². The number of anilines is 1. The Labute approximate surface area is 285 Å². The van der Waals surface area contributed by atoms with E-state index in [4.69, 9.17) is 14.5 Å². The number of hydrogen-bond acceptors (Lipinski definition) is 9. The number of carbonyl (C=O) groups excluding carboxylic acids is 2. The van der Waals surface area contributed by atoms with E-state index in [0.717, 1.165) is 36.1 Å². The first-order chi connectivity index (χ1) is 23.4. The minimum absolute atomic E-state index is 0.0919. The van der Waals surface area contributed by atoms with Crippen molar-refractivity contribution in [3.8, 4) is 22.3 Å². The maximum Gasteiger partial charge on any atom is 0.410 e. The molecule has 3 saturated carbocycles. The van der Waals surface area contributed by atoms with Gasteiger partial charge in [-0.3, -0.25) is 9.69 Å². The van der Waals surface area contributed by atoms with Crippen molar-refractivity contribution in [1.29, 1.82) is 5.26 Å². The Kier molecular flexibility index (Phi) is 9.64. The van der Waals surface area contributed by atoms with Crippen LogP contribution in [0.25, 0.3) is 10.4 Å². The number of amides is 2. The van der Waals surface area contributed by atoms with Gasteiger partial charge in [0.25, 0.3) is 0 Å². The zero-order chi connectivity index (χ0) is 33.2. The molecule has 10 nitrogen and oxygen atoms in total. The molecule has 1 aromatic carbocycles. The van der Waals surface area contributed by atoms with Gasteiger partial charge in [-0.25, -0.2) is 14.8 Å². The normalized spacial score (nSPS) is 24.3. The third-order valence-electron chi connectivity index (χ3n) is 10.5. The molecule has 1 saturated heterocycles. The number of hydrogen-bond donors (Lipinski definition) is 1. The molecule has 0 bridgehead atoms. The second-order valence-corrected chi connectivity index (χ2v) is 15.0. The van der Waals surface area contributed by atoms with E-state index >= 15 is 0 Å². The highest BCUT2D eigenvalue weighted by Crippen LogP contribution is 2.44. The van der Waals surface area contributed by atoms with Crippen molar-refractivity contribution in [1.82, 2.24) is 14.9 Å². The monoisotopic (exact) mass is 669 g/mol. The third kappa shape index (κ3) is 7.20. The molecule has 252 valence electrons. The molecule has 2 aromatic heterocycles. The van der Waals surface area contributed by atoms with Crippen molar-refractivity contribution in [3.63, 3.8) is 0 Å². The number of likely N-dealkylation sites (tertiary alicyclic amines) is 1. The average Bonchev–Trinajstić information content (AvgIpc) is 3.84. The summed E-state index contributed by atoms with van der Waals surface area (Å²) in [4.78, 5) is 40.7. The van der Waals surface area contributed by atoms with Crippen molar-refractivity contribution >= 4 is 29.2 Å². The molecule has 1 N–H and O–H groups in total. The lowest BCUT2D eigenvalue weighted by Crippen LogP contribution is -2.54. The first-order valence-corrected chi connectivity index (χ1v) is 18.1. The number of thiazole rings is 1. The number of aliphatic hydroxyl groups excluding tert-OH is 1. The van der Waals surface area contributed by atoms with Gasteiger partial charge < -0.3 is 19.5 Å². The molecule has 2 amide bonds. The number of nitriles is 1. The molecule has 1 aliphatic heterocycles. The number of aromatic nitrogens is 2. The summed E-state index contributed by atoms with van der Waals surface area (Å²) in [6, 6.07) is 12.2. The molecule has 4 aliphatic rings. The molecule has 7 rings (SSSR count). The quantitative estimate of drug-likeness (QED) is 0.269. The Morgan fingerprint density at radius 3 is 2.44 bits per heavy atom. The van der Waals surface area contributed by atoms with Gasteiger partial charge in [-0.1, -0.05) is 6.07 Å². The average molecular weight is 670 g/mol. The van der Waals surface area contributed by atoms with E-state index in [2.05, 4.69) is 17.1 Å². The van der Waals surface area contributed by atoms with Gasteiger partial charge in [0, 0.05) is 30.8 Å². The van der Waals surface area contributed by atoms with Crippen LogP contribution in [0, 0.1) is 23.2 Å². The largest absolute Gasteiger partial charge is 0.495 e. The number of methoxy groups -OCH3 is 1. The van der Waals surface area contributed by atoms with Crippen LogP contribution < -0.4 is 9.64 Å². The topological polar surface area (TPSA) is 129 Å². The maximum absolute atomic E-state index is 14.4. The van der Waals surface area contributed by atoms with Crippen molar-refractivity contribution in [2.24, 2.45) is 11.8 Å². The lowest BCUT2D eigenvalue weighted by molar-refractivity contribution is -0.124. The van der Waals surface area contributed by atoms with E-state index in [-0.39, 0.29) is 24.0 Å². The van der Waals surface area contributed by atoms with Crippen LogP contribution in [-0.2, 0) is 9.53 Å². The molecule has 3 aliphatic carbocycles. The number of carbonyl (C=O) groups is 2. The molecule has 0 atom stereocenters. The van der Waals surface area contributed by atoms with Crippen molar-refractivity contribution in [2.75, 3.05) is 31.6 Å². The Balaban J connectivity index is 1.04. The fourth-order valence-electron chi connectivity index (χ4n) is 7.43. The number of nitrogens with zero attached hydrogens (tertiary/aromatic N) is 5. The molecule has 0 unspecified atom stereocenters. The third-order valence-corrected chi connectivity index (χ3v) is 11.7. The van der Waals surface area contributed by atoms with Gasteiger partial charge >= 0.3 is 6.09 Å². The summed E-state index contributed by atoms with van der Waals surface area (Å²) in [5, 5.41) is 20.3. The highest BCUT2D eigenvalue weighted by Gasteiger charge is 2.36. The number of benzene rings is 1. The number of aliphatic hydroxyl groups is 1. The lowest BCUT2D eigenvalue weighted by atomic mass is 9.78. The molecule has 3 heterocycles. The molecule has 3 aromatic rings. The molecule has 0 radical (unpaired) electrons. The predicted molar refractivity (Wildman–Crippen MR) is 182 cm³/mol. The molecule has 11 heteroatoms.